The van der Waals surface area contributed by atoms with Crippen molar-refractivity contribution in [2.75, 3.05) is 26.2 Å². The van der Waals surface area contributed by atoms with E-state index in [-0.39, 0.29) is 12.0 Å². The van der Waals surface area contributed by atoms with Gasteiger partial charge >= 0.3 is 0 Å². The number of nitrogens with one attached hydrogen (secondary N) is 1. The molecule has 1 N–H and O–H groups in total. The highest BCUT2D eigenvalue weighted by Crippen LogP contribution is 2.10. The minimum Gasteiger partial charge on any atom is -0.374 e. The molecule has 0 unspecified atom stereocenters. The van der Waals surface area contributed by atoms with Crippen molar-refractivity contribution < 1.29 is 9.53 Å². The molecule has 1 atom stereocenters. The van der Waals surface area contributed by atoms with E-state index in [1.807, 2.05) is 18.2 Å². The van der Waals surface area contributed by atoms with E-state index in [4.69, 9.17) is 16.3 Å². The lowest BCUT2D eigenvalue weighted by molar-refractivity contribution is -0.0292. The first kappa shape index (κ1) is 16.9. The number of morpholine rings is 1. The van der Waals surface area contributed by atoms with Crippen LogP contribution in [0.15, 0.2) is 48.7 Å². The molecule has 5 nitrogen and oxygen atoms in total. The summed E-state index contributed by atoms with van der Waals surface area (Å²) in [4.78, 5) is 18.4. The fraction of sp³-hybridized carbons (Fsp3) is 0.333. The summed E-state index contributed by atoms with van der Waals surface area (Å²) in [5.74, 6) is -0.164. The van der Waals surface area contributed by atoms with E-state index in [9.17, 15) is 4.79 Å². The van der Waals surface area contributed by atoms with Crippen LogP contribution in [-0.4, -0.2) is 48.1 Å². The van der Waals surface area contributed by atoms with Crippen molar-refractivity contribution in [2.24, 2.45) is 0 Å². The number of hydrogen-bond donors (Lipinski definition) is 1. The van der Waals surface area contributed by atoms with E-state index < -0.39 is 0 Å². The summed E-state index contributed by atoms with van der Waals surface area (Å²) in [6.45, 7) is 3.76. The van der Waals surface area contributed by atoms with Crippen molar-refractivity contribution in [3.63, 3.8) is 0 Å². The summed E-state index contributed by atoms with van der Waals surface area (Å²) in [6.07, 6.45) is 1.47. The van der Waals surface area contributed by atoms with E-state index in [1.54, 1.807) is 12.1 Å². The number of ether oxygens (including phenoxy) is 1. The molecule has 1 aromatic carbocycles. The lowest BCUT2D eigenvalue weighted by atomic mass is 10.2. The number of halogens is 1. The van der Waals surface area contributed by atoms with Gasteiger partial charge in [0.2, 0.25) is 0 Å². The van der Waals surface area contributed by atoms with Crippen LogP contribution < -0.4 is 5.32 Å². The van der Waals surface area contributed by atoms with Crippen LogP contribution >= 0.6 is 11.6 Å². The molecule has 1 aromatic heterocycles. The van der Waals surface area contributed by atoms with Gasteiger partial charge in [0.15, 0.2) is 0 Å². The Kier molecular flexibility index (Phi) is 5.80. The summed E-state index contributed by atoms with van der Waals surface area (Å²) in [6, 6.07) is 13.6. The summed E-state index contributed by atoms with van der Waals surface area (Å²) in [7, 11) is 0. The van der Waals surface area contributed by atoms with Gasteiger partial charge in [0.25, 0.3) is 5.91 Å². The Morgan fingerprint density at radius 2 is 2.12 bits per heavy atom. The van der Waals surface area contributed by atoms with Gasteiger partial charge in [-0.3, -0.25) is 9.69 Å². The Labute approximate surface area is 146 Å². The molecule has 1 amide bonds. The van der Waals surface area contributed by atoms with Crippen LogP contribution in [0.25, 0.3) is 0 Å². The highest BCUT2D eigenvalue weighted by molar-refractivity contribution is 6.29. The molecule has 1 saturated heterocycles. The zero-order valence-corrected chi connectivity index (χ0v) is 14.1. The minimum atomic E-state index is -0.164. The third-order valence-electron chi connectivity index (χ3n) is 3.95. The van der Waals surface area contributed by atoms with E-state index in [2.05, 4.69) is 27.3 Å². The van der Waals surface area contributed by atoms with Crippen molar-refractivity contribution in [1.82, 2.24) is 15.2 Å². The molecular weight excluding hydrogens is 326 g/mol. The normalized spacial score (nSPS) is 18.3. The Balaban J connectivity index is 1.48. The van der Waals surface area contributed by atoms with E-state index in [0.717, 1.165) is 19.6 Å². The topological polar surface area (TPSA) is 54.5 Å². The van der Waals surface area contributed by atoms with Gasteiger partial charge in [0.05, 0.1) is 18.3 Å². The Bertz CT molecular complexity index is 664. The van der Waals surface area contributed by atoms with Crippen molar-refractivity contribution >= 4 is 17.5 Å². The van der Waals surface area contributed by atoms with Gasteiger partial charge in [-0.25, -0.2) is 4.98 Å². The number of amides is 1. The lowest BCUT2D eigenvalue weighted by Crippen LogP contribution is -2.47. The number of benzene rings is 1. The molecule has 6 heteroatoms. The zero-order valence-electron chi connectivity index (χ0n) is 13.3. The van der Waals surface area contributed by atoms with Crippen molar-refractivity contribution in [3.8, 4) is 0 Å². The molecule has 3 rings (SSSR count). The first-order valence-corrected chi connectivity index (χ1v) is 8.36. The van der Waals surface area contributed by atoms with Crippen LogP contribution in [0.4, 0.5) is 0 Å². The Morgan fingerprint density at radius 1 is 1.29 bits per heavy atom. The molecule has 126 valence electrons. The Morgan fingerprint density at radius 3 is 2.88 bits per heavy atom. The monoisotopic (exact) mass is 345 g/mol. The van der Waals surface area contributed by atoms with Gasteiger partial charge < -0.3 is 10.1 Å². The van der Waals surface area contributed by atoms with Crippen molar-refractivity contribution in [2.45, 2.75) is 12.6 Å². The van der Waals surface area contributed by atoms with E-state index in [1.165, 1.54) is 11.8 Å². The van der Waals surface area contributed by atoms with Crippen LogP contribution in [0.1, 0.15) is 15.9 Å². The fourth-order valence-corrected chi connectivity index (χ4v) is 2.82. The summed E-state index contributed by atoms with van der Waals surface area (Å²) in [5, 5.41) is 3.27. The van der Waals surface area contributed by atoms with Crippen molar-refractivity contribution in [1.29, 1.82) is 0 Å². The molecule has 1 aliphatic rings. The van der Waals surface area contributed by atoms with Gasteiger partial charge in [0.1, 0.15) is 5.15 Å². The Hall–Kier alpha value is -1.95. The first-order valence-electron chi connectivity index (χ1n) is 7.98. The predicted octanol–water partition coefficient (Wildman–Crippen LogP) is 2.37. The quantitative estimate of drug-likeness (QED) is 0.845. The van der Waals surface area contributed by atoms with E-state index >= 15 is 0 Å². The lowest BCUT2D eigenvalue weighted by Gasteiger charge is -2.33. The van der Waals surface area contributed by atoms with E-state index in [0.29, 0.717) is 23.9 Å². The molecule has 2 heterocycles. The number of carbonyl (C=O) groups excluding carboxylic acids is 1. The van der Waals surface area contributed by atoms with Gasteiger partial charge in [-0.2, -0.15) is 0 Å². The van der Waals surface area contributed by atoms with Gasteiger partial charge in [0, 0.05) is 32.4 Å². The molecule has 0 saturated carbocycles. The molecular formula is C18H20ClN3O2. The number of pyridine rings is 1. The molecule has 0 bridgehead atoms. The van der Waals surface area contributed by atoms with Gasteiger partial charge in [-0.05, 0) is 17.7 Å². The molecule has 1 fully saturated rings. The van der Waals surface area contributed by atoms with Crippen LogP contribution in [-0.2, 0) is 11.3 Å². The summed E-state index contributed by atoms with van der Waals surface area (Å²) in [5.41, 5.74) is 1.78. The average Bonchev–Trinajstić information content (AvgIpc) is 2.61. The highest BCUT2D eigenvalue weighted by Gasteiger charge is 2.21. The van der Waals surface area contributed by atoms with Crippen LogP contribution in [0.2, 0.25) is 5.15 Å². The highest BCUT2D eigenvalue weighted by atomic mass is 35.5. The number of rotatable bonds is 5. The molecule has 0 spiro atoms. The summed E-state index contributed by atoms with van der Waals surface area (Å²) >= 11 is 5.73. The van der Waals surface area contributed by atoms with Crippen LogP contribution in [0.5, 0.6) is 0 Å². The average molecular weight is 346 g/mol. The first-order chi connectivity index (χ1) is 11.7. The maximum absolute atomic E-state index is 12.1. The molecule has 0 aliphatic carbocycles. The molecule has 2 aromatic rings. The molecule has 1 aliphatic heterocycles. The maximum Gasteiger partial charge on any atom is 0.252 e. The second-order valence-corrected chi connectivity index (χ2v) is 6.18. The fourth-order valence-electron chi connectivity index (χ4n) is 2.71. The second-order valence-electron chi connectivity index (χ2n) is 5.79. The SMILES string of the molecule is O=C(NC[C@@H]1CN(Cc2ccccc2)CCO1)c1ccc(Cl)nc1. The third-order valence-corrected chi connectivity index (χ3v) is 4.18. The van der Waals surface area contributed by atoms with Crippen molar-refractivity contribution in [3.05, 3.63) is 64.9 Å². The van der Waals surface area contributed by atoms with Gasteiger partial charge in [-0.1, -0.05) is 41.9 Å². The van der Waals surface area contributed by atoms with Crippen LogP contribution in [0.3, 0.4) is 0 Å². The van der Waals surface area contributed by atoms with Crippen LogP contribution in [0, 0.1) is 0 Å². The predicted molar refractivity (Wildman–Crippen MR) is 93.0 cm³/mol. The second kappa shape index (κ2) is 8.24. The minimum absolute atomic E-state index is 0.00771. The van der Waals surface area contributed by atoms with Gasteiger partial charge in [-0.15, -0.1) is 0 Å². The number of nitrogens with zero attached hydrogens (tertiary/aromatic N) is 2. The largest absolute Gasteiger partial charge is 0.374 e. The number of aromatic nitrogens is 1. The number of carbonyl (C=O) groups is 1. The third kappa shape index (κ3) is 4.77. The smallest absolute Gasteiger partial charge is 0.252 e. The number of hydrogen-bond acceptors (Lipinski definition) is 4. The summed E-state index contributed by atoms with van der Waals surface area (Å²) < 4.78 is 5.76. The molecule has 24 heavy (non-hydrogen) atoms. The zero-order chi connectivity index (χ0) is 16.8. The standard InChI is InChI=1S/C18H20ClN3O2/c19-17-7-6-15(10-20-17)18(23)21-11-16-13-22(8-9-24-16)12-14-4-2-1-3-5-14/h1-7,10,16H,8-9,11-13H2,(H,21,23)/t16-/m1/s1. The maximum atomic E-state index is 12.1. The molecule has 0 radical (unpaired) electrons.